The number of benzene rings is 1. The van der Waals surface area contributed by atoms with Crippen LogP contribution < -0.4 is 0 Å². The third kappa shape index (κ3) is 4.86. The molecule has 0 heterocycles. The van der Waals surface area contributed by atoms with E-state index in [1.165, 1.54) is 5.56 Å². The zero-order valence-electron chi connectivity index (χ0n) is 8.71. The quantitative estimate of drug-likeness (QED) is 0.672. The van der Waals surface area contributed by atoms with Crippen molar-refractivity contribution in [2.75, 3.05) is 0 Å². The van der Waals surface area contributed by atoms with Crippen LogP contribution in [0.25, 0.3) is 0 Å². The van der Waals surface area contributed by atoms with Crippen molar-refractivity contribution in [2.45, 2.75) is 32.4 Å². The summed E-state index contributed by atoms with van der Waals surface area (Å²) in [5.74, 6) is 0. The highest BCUT2D eigenvalue weighted by Gasteiger charge is 2.10. The smallest absolute Gasteiger partial charge is 0.167 e. The second-order valence-corrected chi connectivity index (χ2v) is 7.36. The first kappa shape index (κ1) is 10.5. The summed E-state index contributed by atoms with van der Waals surface area (Å²) in [5, 5.41) is 0.398. The first-order valence-electron chi connectivity index (χ1n) is 4.70. The molecule has 2 heteroatoms. The van der Waals surface area contributed by atoms with Crippen LogP contribution in [0, 0.1) is 0 Å². The minimum absolute atomic E-state index is 0.394. The summed E-state index contributed by atoms with van der Waals surface area (Å²) in [7, 11) is -0.394. The molecule has 1 nitrogen and oxygen atoms in total. The Kier molecular flexibility index (Phi) is 3.69. The fourth-order valence-electron chi connectivity index (χ4n) is 1.05. The molecule has 0 spiro atoms. The largest absolute Gasteiger partial charge is 0.419 e. The molecule has 0 aliphatic heterocycles. The van der Waals surface area contributed by atoms with Crippen LogP contribution in [0.1, 0.15) is 26.3 Å². The van der Waals surface area contributed by atoms with E-state index in [0.717, 1.165) is 6.61 Å². The van der Waals surface area contributed by atoms with Crippen molar-refractivity contribution in [1.29, 1.82) is 0 Å². The Hall–Kier alpha value is -0.603. The van der Waals surface area contributed by atoms with Crippen LogP contribution in [0.2, 0.25) is 5.04 Å². The van der Waals surface area contributed by atoms with E-state index in [9.17, 15) is 0 Å². The maximum Gasteiger partial charge on any atom is 0.167 e. The minimum Gasteiger partial charge on any atom is -0.419 e. The van der Waals surface area contributed by atoms with E-state index in [1.807, 2.05) is 6.07 Å². The van der Waals surface area contributed by atoms with E-state index in [0.29, 0.717) is 5.04 Å². The molecule has 0 unspecified atom stereocenters. The van der Waals surface area contributed by atoms with Gasteiger partial charge in [-0.3, -0.25) is 0 Å². The van der Waals surface area contributed by atoms with E-state index < -0.39 is 9.76 Å². The number of hydrogen-bond acceptors (Lipinski definition) is 1. The number of rotatable bonds is 3. The minimum atomic E-state index is -0.394. The third-order valence-corrected chi connectivity index (χ3v) is 2.92. The van der Waals surface area contributed by atoms with Crippen molar-refractivity contribution in [2.24, 2.45) is 0 Å². The van der Waals surface area contributed by atoms with Crippen molar-refractivity contribution < 1.29 is 4.43 Å². The second kappa shape index (κ2) is 4.58. The Morgan fingerprint density at radius 1 is 1.15 bits per heavy atom. The molecule has 0 bridgehead atoms. The topological polar surface area (TPSA) is 9.23 Å². The van der Waals surface area contributed by atoms with Gasteiger partial charge in [-0.1, -0.05) is 51.1 Å². The molecule has 0 atom stereocenters. The lowest BCUT2D eigenvalue weighted by Crippen LogP contribution is -2.12. The fraction of sp³-hybridized carbons (Fsp3) is 0.455. The molecule has 0 N–H and O–H groups in total. The average molecular weight is 194 g/mol. The molecule has 0 aromatic heterocycles. The van der Waals surface area contributed by atoms with Crippen LogP contribution in [0.5, 0.6) is 0 Å². The highest BCUT2D eigenvalue weighted by molar-refractivity contribution is 6.31. The summed E-state index contributed by atoms with van der Waals surface area (Å²) < 4.78 is 5.72. The molecule has 0 aliphatic rings. The fourth-order valence-corrected chi connectivity index (χ4v) is 2.00. The maximum atomic E-state index is 5.72. The van der Waals surface area contributed by atoms with Crippen LogP contribution in [0.15, 0.2) is 30.3 Å². The molecular formula is C11H18OSi. The molecule has 0 amide bonds. The van der Waals surface area contributed by atoms with Crippen molar-refractivity contribution >= 4 is 9.76 Å². The van der Waals surface area contributed by atoms with E-state index in [-0.39, 0.29) is 0 Å². The highest BCUT2D eigenvalue weighted by atomic mass is 28.2. The van der Waals surface area contributed by atoms with Gasteiger partial charge in [0, 0.05) is 0 Å². The van der Waals surface area contributed by atoms with Gasteiger partial charge in [-0.05, 0) is 10.6 Å². The van der Waals surface area contributed by atoms with Gasteiger partial charge in [-0.25, -0.2) is 0 Å². The molecule has 0 aliphatic carbocycles. The summed E-state index contributed by atoms with van der Waals surface area (Å²) in [6, 6.07) is 10.4. The van der Waals surface area contributed by atoms with Gasteiger partial charge in [-0.15, -0.1) is 0 Å². The lowest BCUT2D eigenvalue weighted by atomic mass is 10.2. The van der Waals surface area contributed by atoms with E-state index >= 15 is 0 Å². The Labute approximate surface area is 83.1 Å². The number of hydrogen-bond donors (Lipinski definition) is 0. The van der Waals surface area contributed by atoms with Gasteiger partial charge in [-0.2, -0.15) is 0 Å². The van der Waals surface area contributed by atoms with Crippen molar-refractivity contribution in [1.82, 2.24) is 0 Å². The SMILES string of the molecule is CC(C)(C)[SiH2]OCc1ccccc1. The lowest BCUT2D eigenvalue weighted by molar-refractivity contribution is 0.309. The van der Waals surface area contributed by atoms with Gasteiger partial charge in [0.05, 0.1) is 6.61 Å². The van der Waals surface area contributed by atoms with Crippen LogP contribution in [0.4, 0.5) is 0 Å². The molecule has 0 saturated carbocycles. The van der Waals surface area contributed by atoms with Crippen LogP contribution in [0.3, 0.4) is 0 Å². The van der Waals surface area contributed by atoms with E-state index in [1.54, 1.807) is 0 Å². The van der Waals surface area contributed by atoms with Gasteiger partial charge < -0.3 is 4.43 Å². The monoisotopic (exact) mass is 194 g/mol. The normalized spacial score (nSPS) is 12.5. The Morgan fingerprint density at radius 2 is 1.77 bits per heavy atom. The summed E-state index contributed by atoms with van der Waals surface area (Å²) in [6.45, 7) is 7.50. The van der Waals surface area contributed by atoms with E-state index in [4.69, 9.17) is 4.43 Å². The molecular weight excluding hydrogens is 176 g/mol. The Balaban J connectivity index is 2.29. The standard InChI is InChI=1S/C11H18OSi/c1-11(2,3)13-12-9-10-7-5-4-6-8-10/h4-8H,9,13H2,1-3H3. The first-order valence-corrected chi connectivity index (χ1v) is 5.98. The summed E-state index contributed by atoms with van der Waals surface area (Å²) in [6.07, 6.45) is 0. The Morgan fingerprint density at radius 3 is 2.31 bits per heavy atom. The van der Waals surface area contributed by atoms with Gasteiger partial charge in [0.1, 0.15) is 0 Å². The van der Waals surface area contributed by atoms with Crippen LogP contribution in [-0.4, -0.2) is 9.76 Å². The predicted octanol–water partition coefficient (Wildman–Crippen LogP) is 2.51. The Bertz CT molecular complexity index is 238. The van der Waals surface area contributed by atoms with Crippen molar-refractivity contribution in [3.63, 3.8) is 0 Å². The summed E-state index contributed by atoms with van der Waals surface area (Å²) in [4.78, 5) is 0. The van der Waals surface area contributed by atoms with Gasteiger partial charge in [0.2, 0.25) is 0 Å². The molecule has 0 radical (unpaired) electrons. The van der Waals surface area contributed by atoms with Crippen molar-refractivity contribution in [3.05, 3.63) is 35.9 Å². The van der Waals surface area contributed by atoms with Gasteiger partial charge in [0.25, 0.3) is 0 Å². The maximum absolute atomic E-state index is 5.72. The third-order valence-electron chi connectivity index (χ3n) is 1.65. The molecule has 1 aromatic carbocycles. The zero-order valence-corrected chi connectivity index (χ0v) is 10.1. The summed E-state index contributed by atoms with van der Waals surface area (Å²) in [5.41, 5.74) is 1.28. The lowest BCUT2D eigenvalue weighted by Gasteiger charge is -2.16. The van der Waals surface area contributed by atoms with Gasteiger partial charge in [0.15, 0.2) is 9.76 Å². The first-order chi connectivity index (χ1) is 6.08. The zero-order chi connectivity index (χ0) is 9.73. The second-order valence-electron chi connectivity index (χ2n) is 4.54. The molecule has 1 rings (SSSR count). The molecule has 72 valence electrons. The highest BCUT2D eigenvalue weighted by Crippen LogP contribution is 2.20. The van der Waals surface area contributed by atoms with Crippen LogP contribution in [-0.2, 0) is 11.0 Å². The summed E-state index contributed by atoms with van der Waals surface area (Å²) >= 11 is 0. The van der Waals surface area contributed by atoms with Crippen molar-refractivity contribution in [3.8, 4) is 0 Å². The predicted molar refractivity (Wildman–Crippen MR) is 59.5 cm³/mol. The average Bonchev–Trinajstić information content (AvgIpc) is 2.04. The molecule has 13 heavy (non-hydrogen) atoms. The molecule has 0 saturated heterocycles. The van der Waals surface area contributed by atoms with Crippen LogP contribution >= 0.6 is 0 Å². The molecule has 0 fully saturated rings. The molecule has 1 aromatic rings. The van der Waals surface area contributed by atoms with E-state index in [2.05, 4.69) is 45.0 Å². The van der Waals surface area contributed by atoms with Gasteiger partial charge >= 0.3 is 0 Å².